The Morgan fingerprint density at radius 1 is 0.850 bits per heavy atom. The highest BCUT2D eigenvalue weighted by atomic mass is 19.4. The third-order valence-electron chi connectivity index (χ3n) is 3.21. The maximum absolute atomic E-state index is 12.7. The van der Waals surface area contributed by atoms with Gasteiger partial charge in [-0.05, 0) is 42.5 Å². The van der Waals surface area contributed by atoms with Gasteiger partial charge in [-0.2, -0.15) is 26.3 Å². The first-order valence-electron chi connectivity index (χ1n) is 6.39. The molecule has 0 heterocycles. The molecule has 0 aromatic heterocycles. The lowest BCUT2D eigenvalue weighted by Crippen LogP contribution is -2.13. The molecule has 0 aliphatic heterocycles. The Balaban J connectivity index is 3.37. The van der Waals surface area contributed by atoms with Crippen molar-refractivity contribution in [1.29, 1.82) is 0 Å². The Bertz CT molecular complexity index is 412. The summed E-state index contributed by atoms with van der Waals surface area (Å²) in [6.07, 6.45) is -7.78. The predicted molar refractivity (Wildman–Crippen MR) is 64.4 cm³/mol. The molecule has 0 nitrogen and oxygen atoms in total. The summed E-state index contributed by atoms with van der Waals surface area (Å²) in [5, 5.41) is 0. The highest BCUT2D eigenvalue weighted by molar-refractivity contribution is 5.35. The van der Waals surface area contributed by atoms with Crippen molar-refractivity contribution in [3.8, 4) is 0 Å². The first-order chi connectivity index (χ1) is 9.09. The van der Waals surface area contributed by atoms with Gasteiger partial charge in [0.05, 0.1) is 11.1 Å². The molecule has 0 aliphatic rings. The molecular formula is C14H16F6. The summed E-state index contributed by atoms with van der Waals surface area (Å²) in [7, 11) is 0. The molecular weight excluding hydrogens is 282 g/mol. The molecule has 0 fully saturated rings. The van der Waals surface area contributed by atoms with E-state index in [1.807, 2.05) is 6.92 Å². The van der Waals surface area contributed by atoms with E-state index in [0.29, 0.717) is 19.3 Å². The molecule has 0 aliphatic carbocycles. The van der Waals surface area contributed by atoms with Crippen LogP contribution in [0.3, 0.4) is 0 Å². The van der Waals surface area contributed by atoms with Crippen LogP contribution < -0.4 is 0 Å². The predicted octanol–water partition coefficient (Wildman–Crippen LogP) is 6.02. The second-order valence-electron chi connectivity index (χ2n) is 4.73. The fourth-order valence-corrected chi connectivity index (χ4v) is 2.17. The highest BCUT2D eigenvalue weighted by Gasteiger charge is 2.37. The lowest BCUT2D eigenvalue weighted by atomic mass is 9.89. The average Bonchev–Trinajstić information content (AvgIpc) is 2.33. The maximum atomic E-state index is 12.7. The Kier molecular flexibility index (Phi) is 5.10. The van der Waals surface area contributed by atoms with Crippen LogP contribution in [0.4, 0.5) is 26.3 Å². The molecule has 0 saturated heterocycles. The lowest BCUT2D eigenvalue weighted by molar-refractivity contribution is -0.143. The molecule has 114 valence electrons. The molecule has 0 bridgehead atoms. The van der Waals surface area contributed by atoms with Gasteiger partial charge < -0.3 is 0 Å². The third-order valence-corrected chi connectivity index (χ3v) is 3.21. The first kappa shape index (κ1) is 16.9. The van der Waals surface area contributed by atoms with Gasteiger partial charge in [0.1, 0.15) is 0 Å². The molecule has 1 aromatic carbocycles. The molecule has 1 rings (SSSR count). The molecule has 6 heteroatoms. The molecule has 1 unspecified atom stereocenters. The van der Waals surface area contributed by atoms with E-state index < -0.39 is 23.5 Å². The lowest BCUT2D eigenvalue weighted by Gasteiger charge is -2.19. The zero-order chi connectivity index (χ0) is 15.6. The Morgan fingerprint density at radius 2 is 1.30 bits per heavy atom. The van der Waals surface area contributed by atoms with E-state index in [4.69, 9.17) is 0 Å². The molecule has 0 N–H and O–H groups in total. The molecule has 1 aromatic rings. The average molecular weight is 298 g/mol. The summed E-state index contributed by atoms with van der Waals surface area (Å²) in [6, 6.07) is 1.83. The van der Waals surface area contributed by atoms with Crippen LogP contribution in [0.25, 0.3) is 0 Å². The number of benzene rings is 1. The van der Waals surface area contributed by atoms with Crippen molar-refractivity contribution in [2.75, 3.05) is 0 Å². The van der Waals surface area contributed by atoms with E-state index >= 15 is 0 Å². The van der Waals surface area contributed by atoms with Crippen LogP contribution in [-0.4, -0.2) is 0 Å². The summed E-state index contributed by atoms with van der Waals surface area (Å²) < 4.78 is 76.3. The molecule has 0 amide bonds. The van der Waals surface area contributed by atoms with E-state index in [-0.39, 0.29) is 17.5 Å². The number of halogens is 6. The van der Waals surface area contributed by atoms with Gasteiger partial charge in [-0.1, -0.05) is 20.3 Å². The summed E-state index contributed by atoms with van der Waals surface area (Å²) in [4.78, 5) is 0. The summed E-state index contributed by atoms with van der Waals surface area (Å²) in [5.74, 6) is -0.289. The van der Waals surface area contributed by atoms with E-state index in [1.165, 1.54) is 0 Å². The molecule has 20 heavy (non-hydrogen) atoms. The van der Waals surface area contributed by atoms with Gasteiger partial charge in [0.2, 0.25) is 0 Å². The van der Waals surface area contributed by atoms with Gasteiger partial charge in [-0.3, -0.25) is 0 Å². The second kappa shape index (κ2) is 6.06. The van der Waals surface area contributed by atoms with Crippen molar-refractivity contribution >= 4 is 0 Å². The summed E-state index contributed by atoms with van der Waals surface area (Å²) in [6.45, 7) is 3.61. The van der Waals surface area contributed by atoms with Gasteiger partial charge >= 0.3 is 12.4 Å². The molecule has 0 saturated carbocycles. The molecule has 0 spiro atoms. The minimum atomic E-state index is -4.78. The number of hydrogen-bond acceptors (Lipinski definition) is 0. The quantitative estimate of drug-likeness (QED) is 0.596. The van der Waals surface area contributed by atoms with Crippen LogP contribution >= 0.6 is 0 Å². The van der Waals surface area contributed by atoms with E-state index in [2.05, 4.69) is 0 Å². The fraction of sp³-hybridized carbons (Fsp3) is 0.571. The van der Waals surface area contributed by atoms with Crippen molar-refractivity contribution in [1.82, 2.24) is 0 Å². The minimum Gasteiger partial charge on any atom is -0.166 e. The third kappa shape index (κ3) is 4.15. The van der Waals surface area contributed by atoms with Crippen molar-refractivity contribution in [3.63, 3.8) is 0 Å². The second-order valence-corrected chi connectivity index (χ2v) is 4.73. The van der Waals surface area contributed by atoms with Crippen molar-refractivity contribution in [3.05, 3.63) is 34.9 Å². The zero-order valence-electron chi connectivity index (χ0n) is 11.2. The Hall–Kier alpha value is -1.20. The topological polar surface area (TPSA) is 0 Å². The first-order valence-corrected chi connectivity index (χ1v) is 6.39. The Labute approximate surface area is 113 Å². The molecule has 1 atom stereocenters. The van der Waals surface area contributed by atoms with E-state index in [0.717, 1.165) is 12.1 Å². The normalized spacial score (nSPS) is 14.4. The zero-order valence-corrected chi connectivity index (χ0v) is 11.2. The van der Waals surface area contributed by atoms with Gasteiger partial charge in [0.25, 0.3) is 0 Å². The van der Waals surface area contributed by atoms with Gasteiger partial charge in [0.15, 0.2) is 0 Å². The van der Waals surface area contributed by atoms with E-state index in [1.54, 1.807) is 6.92 Å². The molecule has 0 radical (unpaired) electrons. The van der Waals surface area contributed by atoms with Crippen LogP contribution in [0.15, 0.2) is 18.2 Å². The number of hydrogen-bond donors (Lipinski definition) is 0. The fourth-order valence-electron chi connectivity index (χ4n) is 2.17. The van der Waals surface area contributed by atoms with Crippen molar-refractivity contribution in [2.24, 2.45) is 0 Å². The largest absolute Gasteiger partial charge is 0.416 e. The summed E-state index contributed by atoms with van der Waals surface area (Å²) >= 11 is 0. The highest BCUT2D eigenvalue weighted by Crippen LogP contribution is 2.38. The van der Waals surface area contributed by atoms with Gasteiger partial charge in [-0.15, -0.1) is 0 Å². The Morgan fingerprint density at radius 3 is 1.60 bits per heavy atom. The SMILES string of the molecule is CCCC(CC)c1cc(C(F)(F)F)cc(C(F)(F)F)c1. The maximum Gasteiger partial charge on any atom is 0.416 e. The van der Waals surface area contributed by atoms with Crippen molar-refractivity contribution < 1.29 is 26.3 Å². The minimum absolute atomic E-state index is 0.108. The van der Waals surface area contributed by atoms with E-state index in [9.17, 15) is 26.3 Å². The summed E-state index contributed by atoms with van der Waals surface area (Å²) in [5.41, 5.74) is -2.37. The van der Waals surface area contributed by atoms with Crippen LogP contribution in [0.5, 0.6) is 0 Å². The number of alkyl halides is 6. The standard InChI is InChI=1S/C14H16F6/c1-3-5-9(4-2)10-6-11(13(15,16)17)8-12(7-10)14(18,19)20/h6-9H,3-5H2,1-2H3. The monoisotopic (exact) mass is 298 g/mol. The van der Waals surface area contributed by atoms with Crippen LogP contribution in [0, 0.1) is 0 Å². The van der Waals surface area contributed by atoms with Crippen LogP contribution in [0.2, 0.25) is 0 Å². The number of rotatable bonds is 4. The van der Waals surface area contributed by atoms with Crippen LogP contribution in [0.1, 0.15) is 55.7 Å². The van der Waals surface area contributed by atoms with Crippen LogP contribution in [-0.2, 0) is 12.4 Å². The van der Waals surface area contributed by atoms with Gasteiger partial charge in [0, 0.05) is 0 Å². The van der Waals surface area contributed by atoms with Crippen molar-refractivity contribution in [2.45, 2.75) is 51.4 Å². The smallest absolute Gasteiger partial charge is 0.166 e. The van der Waals surface area contributed by atoms with Gasteiger partial charge in [-0.25, -0.2) is 0 Å².